The van der Waals surface area contributed by atoms with E-state index in [2.05, 4.69) is 25.2 Å². The van der Waals surface area contributed by atoms with Crippen LogP contribution in [0.1, 0.15) is 24.7 Å². The van der Waals surface area contributed by atoms with E-state index in [1.54, 1.807) is 6.26 Å². The summed E-state index contributed by atoms with van der Waals surface area (Å²) >= 11 is 0. The van der Waals surface area contributed by atoms with Gasteiger partial charge in [0, 0.05) is 6.54 Å². The minimum absolute atomic E-state index is 0.927. The van der Waals surface area contributed by atoms with E-state index in [1.165, 1.54) is 11.1 Å². The van der Waals surface area contributed by atoms with Crippen LogP contribution in [0.25, 0.3) is 6.08 Å². The predicted molar refractivity (Wildman–Crippen MR) is 55.6 cm³/mol. The van der Waals surface area contributed by atoms with Gasteiger partial charge in [-0.15, -0.1) is 0 Å². The molecule has 1 aromatic rings. The zero-order valence-corrected chi connectivity index (χ0v) is 8.55. The Morgan fingerprint density at radius 3 is 2.85 bits per heavy atom. The number of hydrogen-bond acceptors (Lipinski definition) is 2. The molecular weight excluding hydrogens is 162 g/mol. The fourth-order valence-corrected chi connectivity index (χ4v) is 1.22. The molecule has 0 unspecified atom stereocenters. The Morgan fingerprint density at radius 1 is 1.62 bits per heavy atom. The van der Waals surface area contributed by atoms with E-state index in [1.807, 2.05) is 13.1 Å². The minimum atomic E-state index is 0.927. The van der Waals surface area contributed by atoms with E-state index >= 15 is 0 Å². The first kappa shape index (κ1) is 10.1. The largest absolute Gasteiger partial charge is 0.465 e. The summed E-state index contributed by atoms with van der Waals surface area (Å²) in [5.41, 5.74) is 2.56. The number of rotatable bonds is 4. The van der Waals surface area contributed by atoms with Gasteiger partial charge in [-0.1, -0.05) is 12.5 Å². The number of furan rings is 1. The van der Waals surface area contributed by atoms with Gasteiger partial charge >= 0.3 is 0 Å². The fraction of sp³-hybridized carbons (Fsp3) is 0.455. The molecule has 72 valence electrons. The first-order valence-corrected chi connectivity index (χ1v) is 4.66. The normalized spacial score (nSPS) is 12.1. The van der Waals surface area contributed by atoms with Crippen molar-refractivity contribution in [3.8, 4) is 0 Å². The van der Waals surface area contributed by atoms with Crippen molar-refractivity contribution in [2.75, 3.05) is 13.6 Å². The molecule has 2 heteroatoms. The van der Waals surface area contributed by atoms with Gasteiger partial charge in [-0.3, -0.25) is 0 Å². The third kappa shape index (κ3) is 2.74. The Kier molecular flexibility index (Phi) is 3.77. The molecule has 2 nitrogen and oxygen atoms in total. The van der Waals surface area contributed by atoms with E-state index < -0.39 is 0 Å². The van der Waals surface area contributed by atoms with Crippen LogP contribution >= 0.6 is 0 Å². The van der Waals surface area contributed by atoms with Crippen LogP contribution in [-0.4, -0.2) is 13.6 Å². The van der Waals surface area contributed by atoms with Crippen molar-refractivity contribution in [2.45, 2.75) is 20.3 Å². The molecule has 0 aliphatic rings. The Balaban J connectivity index is 2.78. The van der Waals surface area contributed by atoms with Gasteiger partial charge in [0.05, 0.1) is 6.26 Å². The Hall–Kier alpha value is -1.02. The molecule has 0 spiro atoms. The van der Waals surface area contributed by atoms with Crippen molar-refractivity contribution >= 4 is 6.08 Å². The molecule has 0 bridgehead atoms. The summed E-state index contributed by atoms with van der Waals surface area (Å²) in [7, 11) is 1.96. The van der Waals surface area contributed by atoms with Crippen LogP contribution in [0.3, 0.4) is 0 Å². The summed E-state index contributed by atoms with van der Waals surface area (Å²) in [5, 5.41) is 3.14. The maximum Gasteiger partial charge on any atom is 0.129 e. The smallest absolute Gasteiger partial charge is 0.129 e. The molecule has 0 aliphatic heterocycles. The van der Waals surface area contributed by atoms with Crippen LogP contribution < -0.4 is 5.32 Å². The molecule has 0 fully saturated rings. The van der Waals surface area contributed by atoms with Gasteiger partial charge in [-0.2, -0.15) is 0 Å². The molecule has 0 saturated carbocycles. The standard InChI is InChI=1S/C11H17NO/c1-4-10(8-12-3)7-11-9(2)5-6-13-11/h5-7,12H,4,8H2,1-3H3/b10-7-. The van der Waals surface area contributed by atoms with E-state index in [9.17, 15) is 0 Å². The van der Waals surface area contributed by atoms with Crippen molar-refractivity contribution in [1.82, 2.24) is 5.32 Å². The maximum atomic E-state index is 5.34. The lowest BCUT2D eigenvalue weighted by Gasteiger charge is -2.02. The van der Waals surface area contributed by atoms with E-state index in [4.69, 9.17) is 4.42 Å². The summed E-state index contributed by atoms with van der Waals surface area (Å²) in [4.78, 5) is 0. The highest BCUT2D eigenvalue weighted by Crippen LogP contribution is 2.14. The molecule has 1 N–H and O–H groups in total. The van der Waals surface area contributed by atoms with Gasteiger partial charge in [0.15, 0.2) is 0 Å². The second-order valence-electron chi connectivity index (χ2n) is 3.15. The van der Waals surface area contributed by atoms with Crippen molar-refractivity contribution in [3.63, 3.8) is 0 Å². The van der Waals surface area contributed by atoms with E-state index in [0.29, 0.717) is 0 Å². The van der Waals surface area contributed by atoms with Crippen molar-refractivity contribution in [3.05, 3.63) is 29.2 Å². The molecule has 0 aromatic carbocycles. The SMILES string of the molecule is CC/C(=C/c1occc1C)CNC. The zero-order chi connectivity index (χ0) is 9.68. The van der Waals surface area contributed by atoms with Gasteiger partial charge in [-0.05, 0) is 38.1 Å². The Bertz CT molecular complexity index is 286. The Labute approximate surface area is 79.6 Å². The van der Waals surface area contributed by atoms with E-state index in [0.717, 1.165) is 18.7 Å². The van der Waals surface area contributed by atoms with Crippen LogP contribution in [-0.2, 0) is 0 Å². The molecule has 1 rings (SSSR count). The highest BCUT2D eigenvalue weighted by molar-refractivity contribution is 5.51. The Morgan fingerprint density at radius 2 is 2.38 bits per heavy atom. The minimum Gasteiger partial charge on any atom is -0.465 e. The highest BCUT2D eigenvalue weighted by atomic mass is 16.3. The first-order valence-electron chi connectivity index (χ1n) is 4.66. The van der Waals surface area contributed by atoms with E-state index in [-0.39, 0.29) is 0 Å². The van der Waals surface area contributed by atoms with Gasteiger partial charge in [0.1, 0.15) is 5.76 Å². The third-order valence-electron chi connectivity index (χ3n) is 2.09. The van der Waals surface area contributed by atoms with Gasteiger partial charge < -0.3 is 9.73 Å². The molecular formula is C11H17NO. The monoisotopic (exact) mass is 179 g/mol. The van der Waals surface area contributed by atoms with Crippen LogP contribution in [0.2, 0.25) is 0 Å². The second-order valence-corrected chi connectivity index (χ2v) is 3.15. The van der Waals surface area contributed by atoms with Gasteiger partial charge in [-0.25, -0.2) is 0 Å². The third-order valence-corrected chi connectivity index (χ3v) is 2.09. The van der Waals surface area contributed by atoms with Crippen molar-refractivity contribution in [1.29, 1.82) is 0 Å². The van der Waals surface area contributed by atoms with Crippen molar-refractivity contribution < 1.29 is 4.42 Å². The molecule has 0 amide bonds. The quantitative estimate of drug-likeness (QED) is 0.768. The summed E-state index contributed by atoms with van der Waals surface area (Å²) in [6, 6.07) is 1.98. The topological polar surface area (TPSA) is 25.2 Å². The maximum absolute atomic E-state index is 5.34. The van der Waals surface area contributed by atoms with Crippen LogP contribution in [0.15, 0.2) is 22.3 Å². The number of nitrogens with one attached hydrogen (secondary N) is 1. The molecule has 0 atom stereocenters. The van der Waals surface area contributed by atoms with Gasteiger partial charge in [0.25, 0.3) is 0 Å². The highest BCUT2D eigenvalue weighted by Gasteiger charge is 1.99. The average molecular weight is 179 g/mol. The summed E-state index contributed by atoms with van der Waals surface area (Å²) in [6.07, 6.45) is 4.90. The summed E-state index contributed by atoms with van der Waals surface area (Å²) in [6.45, 7) is 5.14. The lowest BCUT2D eigenvalue weighted by molar-refractivity contribution is 0.554. The number of aryl methyl sites for hydroxylation is 1. The molecule has 0 saturated heterocycles. The molecule has 0 aliphatic carbocycles. The van der Waals surface area contributed by atoms with Gasteiger partial charge in [0.2, 0.25) is 0 Å². The summed E-state index contributed by atoms with van der Waals surface area (Å²) in [5.74, 6) is 0.979. The van der Waals surface area contributed by atoms with Crippen molar-refractivity contribution in [2.24, 2.45) is 0 Å². The van der Waals surface area contributed by atoms with Crippen LogP contribution in [0, 0.1) is 6.92 Å². The predicted octanol–water partition coefficient (Wildman–Crippen LogP) is 2.60. The molecule has 1 heterocycles. The fourth-order valence-electron chi connectivity index (χ4n) is 1.22. The second kappa shape index (κ2) is 4.87. The molecule has 13 heavy (non-hydrogen) atoms. The number of hydrogen-bond donors (Lipinski definition) is 1. The lowest BCUT2D eigenvalue weighted by Crippen LogP contribution is -2.09. The summed E-state index contributed by atoms with van der Waals surface area (Å²) < 4.78 is 5.34. The average Bonchev–Trinajstić information content (AvgIpc) is 2.51. The molecule has 0 radical (unpaired) electrons. The van der Waals surface area contributed by atoms with Crippen LogP contribution in [0.5, 0.6) is 0 Å². The lowest BCUT2D eigenvalue weighted by atomic mass is 10.1. The first-order chi connectivity index (χ1) is 6.27. The van der Waals surface area contributed by atoms with Crippen LogP contribution in [0.4, 0.5) is 0 Å². The molecule has 1 aromatic heterocycles. The number of likely N-dealkylation sites (N-methyl/N-ethyl adjacent to an activating group) is 1. The zero-order valence-electron chi connectivity index (χ0n) is 8.55.